The van der Waals surface area contributed by atoms with Gasteiger partial charge in [-0.1, -0.05) is 54.6 Å². The van der Waals surface area contributed by atoms with Crippen molar-refractivity contribution in [3.05, 3.63) is 78.1 Å². The fourth-order valence-corrected chi connectivity index (χ4v) is 3.19. The molecule has 0 atom stereocenters. The fourth-order valence-electron chi connectivity index (χ4n) is 3.19. The van der Waals surface area contributed by atoms with Crippen molar-refractivity contribution in [3.8, 4) is 11.3 Å². The van der Waals surface area contributed by atoms with Crippen molar-refractivity contribution in [1.29, 1.82) is 0 Å². The van der Waals surface area contributed by atoms with Gasteiger partial charge in [-0.25, -0.2) is 9.97 Å². The quantitative estimate of drug-likeness (QED) is 0.607. The third kappa shape index (κ3) is 2.78. The minimum absolute atomic E-state index is 0.281. The maximum absolute atomic E-state index is 5.68. The fraction of sp³-hybridized carbons (Fsp3) is 0.0476. The molecule has 122 valence electrons. The van der Waals surface area contributed by atoms with Gasteiger partial charge in [0.2, 0.25) is 5.95 Å². The third-order valence-corrected chi connectivity index (χ3v) is 4.31. The second-order valence-electron chi connectivity index (χ2n) is 5.88. The van der Waals surface area contributed by atoms with Gasteiger partial charge in [0.05, 0.1) is 11.4 Å². The summed E-state index contributed by atoms with van der Waals surface area (Å²) in [6.45, 7) is 0. The highest BCUT2D eigenvalue weighted by molar-refractivity contribution is 5.99. The molecule has 4 rings (SSSR count). The summed E-state index contributed by atoms with van der Waals surface area (Å²) >= 11 is 0. The van der Waals surface area contributed by atoms with Gasteiger partial charge in [-0.3, -0.25) is 0 Å². The van der Waals surface area contributed by atoms with Crippen LogP contribution in [0.15, 0.2) is 66.9 Å². The molecular formula is C21H18N4. The number of rotatable bonds is 3. The van der Waals surface area contributed by atoms with Crippen molar-refractivity contribution in [1.82, 2.24) is 14.5 Å². The topological polar surface area (TPSA) is 56.7 Å². The van der Waals surface area contributed by atoms with E-state index in [4.69, 9.17) is 5.73 Å². The van der Waals surface area contributed by atoms with Gasteiger partial charge in [0.1, 0.15) is 0 Å². The Morgan fingerprint density at radius 2 is 1.68 bits per heavy atom. The molecule has 0 aliphatic heterocycles. The number of anilines is 1. The second-order valence-corrected chi connectivity index (χ2v) is 5.88. The summed E-state index contributed by atoms with van der Waals surface area (Å²) in [6, 6.07) is 20.7. The van der Waals surface area contributed by atoms with Crippen LogP contribution >= 0.6 is 0 Å². The average molecular weight is 326 g/mol. The van der Waals surface area contributed by atoms with Crippen LogP contribution in [0.25, 0.3) is 34.3 Å². The molecule has 0 fully saturated rings. The molecule has 0 saturated heterocycles. The molecule has 4 heteroatoms. The largest absolute Gasteiger partial charge is 0.368 e. The van der Waals surface area contributed by atoms with E-state index in [1.807, 2.05) is 18.2 Å². The van der Waals surface area contributed by atoms with Gasteiger partial charge in [-0.2, -0.15) is 0 Å². The van der Waals surface area contributed by atoms with Gasteiger partial charge >= 0.3 is 0 Å². The highest BCUT2D eigenvalue weighted by Gasteiger charge is 2.14. The van der Waals surface area contributed by atoms with E-state index in [1.54, 1.807) is 6.20 Å². The van der Waals surface area contributed by atoms with E-state index < -0.39 is 0 Å². The van der Waals surface area contributed by atoms with Crippen molar-refractivity contribution in [3.63, 3.8) is 0 Å². The summed E-state index contributed by atoms with van der Waals surface area (Å²) in [5.41, 5.74) is 11.2. The minimum Gasteiger partial charge on any atom is -0.368 e. The van der Waals surface area contributed by atoms with Crippen LogP contribution < -0.4 is 5.73 Å². The highest BCUT2D eigenvalue weighted by Crippen LogP contribution is 2.34. The van der Waals surface area contributed by atoms with E-state index in [0.29, 0.717) is 0 Å². The molecule has 0 unspecified atom stereocenters. The Morgan fingerprint density at radius 3 is 2.48 bits per heavy atom. The van der Waals surface area contributed by atoms with Gasteiger partial charge in [-0.05, 0) is 23.8 Å². The number of fused-ring (bicyclic) bond motifs is 1. The highest BCUT2D eigenvalue weighted by atomic mass is 15.0. The van der Waals surface area contributed by atoms with E-state index in [1.165, 1.54) is 27.7 Å². The zero-order valence-corrected chi connectivity index (χ0v) is 13.9. The van der Waals surface area contributed by atoms with Gasteiger partial charge in [-0.15, -0.1) is 0 Å². The Hall–Kier alpha value is -3.40. The molecule has 0 saturated carbocycles. The zero-order chi connectivity index (χ0) is 17.2. The van der Waals surface area contributed by atoms with Gasteiger partial charge in [0.15, 0.2) is 0 Å². The molecule has 4 aromatic rings. The lowest BCUT2D eigenvalue weighted by Crippen LogP contribution is -1.94. The molecule has 2 aromatic heterocycles. The summed E-state index contributed by atoms with van der Waals surface area (Å²) in [5.74, 6) is 0.281. The van der Waals surface area contributed by atoms with Crippen LogP contribution in [0.5, 0.6) is 0 Å². The summed E-state index contributed by atoms with van der Waals surface area (Å²) < 4.78 is 2.23. The number of para-hydroxylation sites is 1. The minimum atomic E-state index is 0.281. The second kappa shape index (κ2) is 6.24. The first-order chi connectivity index (χ1) is 12.2. The number of hydrogen-bond donors (Lipinski definition) is 1. The number of aryl methyl sites for hydroxylation is 1. The number of nitrogen functional groups attached to an aromatic ring is 1. The molecule has 0 radical (unpaired) electrons. The van der Waals surface area contributed by atoms with Crippen molar-refractivity contribution in [2.75, 3.05) is 5.73 Å². The summed E-state index contributed by atoms with van der Waals surface area (Å²) in [4.78, 5) is 8.19. The molecule has 4 nitrogen and oxygen atoms in total. The van der Waals surface area contributed by atoms with Crippen molar-refractivity contribution >= 4 is 29.0 Å². The normalized spacial score (nSPS) is 11.4. The Kier molecular flexibility index (Phi) is 3.78. The standard InChI is InChI=1S/C21H18N4/c1-25-19-10-6-5-9-17(19)18(20(25)15-7-3-2-4-8-15)12-11-16-13-14-23-21(22)24-16/h2-14H,1H3,(H2,22,23,24)/b12-11+. The lowest BCUT2D eigenvalue weighted by Gasteiger charge is -2.06. The van der Waals surface area contributed by atoms with Crippen molar-refractivity contribution in [2.45, 2.75) is 0 Å². The van der Waals surface area contributed by atoms with Crippen LogP contribution in [0.1, 0.15) is 11.3 Å². The zero-order valence-electron chi connectivity index (χ0n) is 13.9. The molecular weight excluding hydrogens is 308 g/mol. The van der Waals surface area contributed by atoms with Crippen molar-refractivity contribution in [2.24, 2.45) is 7.05 Å². The van der Waals surface area contributed by atoms with Crippen LogP contribution in [0.3, 0.4) is 0 Å². The van der Waals surface area contributed by atoms with Crippen LogP contribution in [-0.2, 0) is 7.05 Å². The molecule has 2 aromatic carbocycles. The Bertz CT molecular complexity index is 1060. The summed E-state index contributed by atoms with van der Waals surface area (Å²) in [5, 5.41) is 1.21. The number of nitrogens with zero attached hydrogens (tertiary/aromatic N) is 3. The monoisotopic (exact) mass is 326 g/mol. The summed E-state index contributed by atoms with van der Waals surface area (Å²) in [7, 11) is 2.10. The molecule has 2 N–H and O–H groups in total. The first-order valence-electron chi connectivity index (χ1n) is 8.13. The van der Waals surface area contributed by atoms with Crippen molar-refractivity contribution < 1.29 is 0 Å². The predicted octanol–water partition coefficient (Wildman–Crippen LogP) is 4.39. The third-order valence-electron chi connectivity index (χ3n) is 4.31. The van der Waals surface area contributed by atoms with Gasteiger partial charge in [0.25, 0.3) is 0 Å². The van der Waals surface area contributed by atoms with Crippen LogP contribution in [-0.4, -0.2) is 14.5 Å². The molecule has 0 amide bonds. The molecule has 2 heterocycles. The smallest absolute Gasteiger partial charge is 0.220 e. The van der Waals surface area contributed by atoms with E-state index in [0.717, 1.165) is 5.69 Å². The van der Waals surface area contributed by atoms with Gasteiger partial charge in [0, 0.05) is 29.7 Å². The SMILES string of the molecule is Cn1c(-c2ccccc2)c(/C=C/c2ccnc(N)n2)c2ccccc21. The molecule has 0 aliphatic carbocycles. The maximum atomic E-state index is 5.68. The average Bonchev–Trinajstić information content (AvgIpc) is 2.93. The predicted molar refractivity (Wildman–Crippen MR) is 104 cm³/mol. The van der Waals surface area contributed by atoms with Crippen LogP contribution in [0, 0.1) is 0 Å². The lowest BCUT2D eigenvalue weighted by molar-refractivity contribution is 0.977. The Balaban J connectivity index is 1.93. The molecule has 0 spiro atoms. The number of hydrogen-bond acceptors (Lipinski definition) is 3. The number of nitrogens with two attached hydrogens (primary N) is 1. The van der Waals surface area contributed by atoms with Crippen LogP contribution in [0.2, 0.25) is 0 Å². The van der Waals surface area contributed by atoms with E-state index in [-0.39, 0.29) is 5.95 Å². The summed E-state index contributed by atoms with van der Waals surface area (Å²) in [6.07, 6.45) is 5.75. The first-order valence-corrected chi connectivity index (χ1v) is 8.13. The van der Waals surface area contributed by atoms with Crippen LogP contribution in [0.4, 0.5) is 5.95 Å². The number of benzene rings is 2. The van der Waals surface area contributed by atoms with E-state index >= 15 is 0 Å². The lowest BCUT2D eigenvalue weighted by atomic mass is 10.0. The Labute approximate surface area is 146 Å². The van der Waals surface area contributed by atoms with Gasteiger partial charge < -0.3 is 10.3 Å². The molecule has 0 aliphatic rings. The molecule has 25 heavy (non-hydrogen) atoms. The van der Waals surface area contributed by atoms with E-state index in [9.17, 15) is 0 Å². The Morgan fingerprint density at radius 1 is 0.920 bits per heavy atom. The first kappa shape index (κ1) is 15.1. The van der Waals surface area contributed by atoms with E-state index in [2.05, 4.69) is 76.2 Å². The number of aromatic nitrogens is 3. The molecule has 0 bridgehead atoms. The maximum Gasteiger partial charge on any atom is 0.220 e.